The summed E-state index contributed by atoms with van der Waals surface area (Å²) >= 11 is 0. The Morgan fingerprint density at radius 3 is 2.65 bits per heavy atom. The van der Waals surface area contributed by atoms with E-state index in [-0.39, 0.29) is 18.4 Å². The summed E-state index contributed by atoms with van der Waals surface area (Å²) in [5.41, 5.74) is 1.45. The van der Waals surface area contributed by atoms with E-state index in [0.717, 1.165) is 24.8 Å². The maximum atomic E-state index is 12.2. The molecule has 1 aliphatic carbocycles. The molecular weight excluding hydrogens is 274 g/mol. The van der Waals surface area contributed by atoms with Crippen LogP contribution in [0.25, 0.3) is 0 Å². The minimum atomic E-state index is -3.32. The Labute approximate surface area is 121 Å². The molecule has 1 saturated carbocycles. The van der Waals surface area contributed by atoms with E-state index in [1.54, 1.807) is 24.3 Å². The van der Waals surface area contributed by atoms with Crippen LogP contribution in [0, 0.1) is 5.92 Å². The van der Waals surface area contributed by atoms with Gasteiger partial charge >= 0.3 is 0 Å². The molecule has 2 unspecified atom stereocenters. The van der Waals surface area contributed by atoms with Crippen molar-refractivity contribution in [2.45, 2.75) is 51.0 Å². The SMILES string of the molecule is CC1CCCCC1NS(=O)(=O)Cc1cccc(CO)c1. The molecule has 1 aliphatic rings. The van der Waals surface area contributed by atoms with Crippen molar-refractivity contribution in [2.75, 3.05) is 0 Å². The van der Waals surface area contributed by atoms with E-state index >= 15 is 0 Å². The van der Waals surface area contributed by atoms with Gasteiger partial charge in [-0.05, 0) is 29.9 Å². The summed E-state index contributed by atoms with van der Waals surface area (Å²) in [4.78, 5) is 0. The van der Waals surface area contributed by atoms with Crippen molar-refractivity contribution in [2.24, 2.45) is 5.92 Å². The number of hydrogen-bond donors (Lipinski definition) is 2. The van der Waals surface area contributed by atoms with Gasteiger partial charge < -0.3 is 5.11 Å². The first-order valence-electron chi connectivity index (χ1n) is 7.19. The summed E-state index contributed by atoms with van der Waals surface area (Å²) in [5, 5.41) is 9.09. The molecule has 0 aliphatic heterocycles. The fourth-order valence-electron chi connectivity index (χ4n) is 2.80. The molecule has 0 amide bonds. The van der Waals surface area contributed by atoms with Gasteiger partial charge in [0.2, 0.25) is 10.0 Å². The molecule has 1 fully saturated rings. The first-order valence-corrected chi connectivity index (χ1v) is 8.84. The summed E-state index contributed by atoms with van der Waals surface area (Å²) in [7, 11) is -3.32. The third-order valence-corrected chi connectivity index (χ3v) is 5.35. The van der Waals surface area contributed by atoms with Crippen LogP contribution < -0.4 is 4.72 Å². The molecular formula is C15H23NO3S. The highest BCUT2D eigenvalue weighted by molar-refractivity contribution is 7.88. The lowest BCUT2D eigenvalue weighted by Crippen LogP contribution is -2.41. The van der Waals surface area contributed by atoms with Crippen LogP contribution >= 0.6 is 0 Å². The highest BCUT2D eigenvalue weighted by Gasteiger charge is 2.25. The number of nitrogens with one attached hydrogen (secondary N) is 1. The van der Waals surface area contributed by atoms with Crippen LogP contribution in [-0.2, 0) is 22.4 Å². The fourth-order valence-corrected chi connectivity index (χ4v) is 4.31. The minimum absolute atomic E-state index is 0.0238. The van der Waals surface area contributed by atoms with Gasteiger partial charge in [0, 0.05) is 6.04 Å². The van der Waals surface area contributed by atoms with Gasteiger partial charge in [-0.25, -0.2) is 13.1 Å². The Bertz CT molecular complexity index is 542. The molecule has 0 spiro atoms. The van der Waals surface area contributed by atoms with Gasteiger partial charge in [-0.2, -0.15) is 0 Å². The van der Waals surface area contributed by atoms with Crippen LogP contribution in [0.1, 0.15) is 43.7 Å². The minimum Gasteiger partial charge on any atom is -0.392 e. The van der Waals surface area contributed by atoms with Gasteiger partial charge in [-0.1, -0.05) is 44.0 Å². The Morgan fingerprint density at radius 2 is 1.95 bits per heavy atom. The zero-order chi connectivity index (χ0) is 14.6. The molecule has 0 radical (unpaired) electrons. The predicted octanol–water partition coefficient (Wildman–Crippen LogP) is 2.18. The number of benzene rings is 1. The smallest absolute Gasteiger partial charge is 0.216 e. The van der Waals surface area contributed by atoms with E-state index < -0.39 is 10.0 Å². The van der Waals surface area contributed by atoms with Crippen molar-refractivity contribution in [3.63, 3.8) is 0 Å². The molecule has 0 heterocycles. The molecule has 2 rings (SSSR count). The zero-order valence-corrected chi connectivity index (χ0v) is 12.7. The van der Waals surface area contributed by atoms with Crippen molar-refractivity contribution in [1.82, 2.24) is 4.72 Å². The van der Waals surface area contributed by atoms with E-state index in [1.165, 1.54) is 6.42 Å². The molecule has 2 atom stereocenters. The Morgan fingerprint density at radius 1 is 1.25 bits per heavy atom. The van der Waals surface area contributed by atoms with Gasteiger partial charge in [0.25, 0.3) is 0 Å². The summed E-state index contributed by atoms with van der Waals surface area (Å²) in [6.45, 7) is 2.04. The van der Waals surface area contributed by atoms with Crippen LogP contribution in [0.5, 0.6) is 0 Å². The molecule has 2 N–H and O–H groups in total. The largest absolute Gasteiger partial charge is 0.392 e. The average molecular weight is 297 g/mol. The fraction of sp³-hybridized carbons (Fsp3) is 0.600. The van der Waals surface area contributed by atoms with E-state index in [1.807, 2.05) is 0 Å². The Balaban J connectivity index is 2.02. The molecule has 4 nitrogen and oxygen atoms in total. The van der Waals surface area contributed by atoms with Crippen molar-refractivity contribution >= 4 is 10.0 Å². The third kappa shape index (κ3) is 4.30. The lowest BCUT2D eigenvalue weighted by Gasteiger charge is -2.29. The molecule has 5 heteroatoms. The maximum absolute atomic E-state index is 12.2. The second-order valence-corrected chi connectivity index (χ2v) is 7.48. The summed E-state index contributed by atoms with van der Waals surface area (Å²) in [6, 6.07) is 7.15. The van der Waals surface area contributed by atoms with E-state index in [2.05, 4.69) is 11.6 Å². The second kappa shape index (κ2) is 6.70. The first-order chi connectivity index (χ1) is 9.50. The van der Waals surface area contributed by atoms with E-state index in [9.17, 15) is 8.42 Å². The highest BCUT2D eigenvalue weighted by Crippen LogP contribution is 2.24. The molecule has 0 aromatic heterocycles. The Hall–Kier alpha value is -0.910. The van der Waals surface area contributed by atoms with Crippen LogP contribution in [0.3, 0.4) is 0 Å². The second-order valence-electron chi connectivity index (χ2n) is 5.72. The van der Waals surface area contributed by atoms with Gasteiger partial charge in [-0.15, -0.1) is 0 Å². The van der Waals surface area contributed by atoms with Crippen LogP contribution in [-0.4, -0.2) is 19.6 Å². The van der Waals surface area contributed by atoms with Gasteiger partial charge in [0.05, 0.1) is 12.4 Å². The van der Waals surface area contributed by atoms with Crippen molar-refractivity contribution in [3.05, 3.63) is 35.4 Å². The van der Waals surface area contributed by atoms with E-state index in [0.29, 0.717) is 11.5 Å². The normalized spacial score (nSPS) is 23.7. The number of aliphatic hydroxyl groups is 1. The molecule has 20 heavy (non-hydrogen) atoms. The summed E-state index contributed by atoms with van der Waals surface area (Å²) in [5.74, 6) is 0.381. The highest BCUT2D eigenvalue weighted by atomic mass is 32.2. The van der Waals surface area contributed by atoms with Crippen LogP contribution in [0.2, 0.25) is 0 Å². The topological polar surface area (TPSA) is 66.4 Å². The number of rotatable bonds is 5. The summed E-state index contributed by atoms with van der Waals surface area (Å²) in [6.07, 6.45) is 4.31. The monoisotopic (exact) mass is 297 g/mol. The van der Waals surface area contributed by atoms with Gasteiger partial charge in [0.15, 0.2) is 0 Å². The lowest BCUT2D eigenvalue weighted by atomic mass is 9.87. The van der Waals surface area contributed by atoms with Gasteiger partial charge in [-0.3, -0.25) is 0 Å². The number of hydrogen-bond acceptors (Lipinski definition) is 3. The van der Waals surface area contributed by atoms with E-state index in [4.69, 9.17) is 5.11 Å². The maximum Gasteiger partial charge on any atom is 0.216 e. The Kier molecular flexibility index (Phi) is 5.18. The first kappa shape index (κ1) is 15.5. The van der Waals surface area contributed by atoms with Crippen LogP contribution in [0.4, 0.5) is 0 Å². The number of aliphatic hydroxyl groups excluding tert-OH is 1. The molecule has 112 valence electrons. The quantitative estimate of drug-likeness (QED) is 0.875. The lowest BCUT2D eigenvalue weighted by molar-refractivity contribution is 0.281. The van der Waals surface area contributed by atoms with Gasteiger partial charge in [0.1, 0.15) is 0 Å². The number of sulfonamides is 1. The molecule has 0 bridgehead atoms. The molecule has 1 aromatic carbocycles. The standard InChI is InChI=1S/C15H23NO3S/c1-12-5-2-3-8-15(12)16-20(18,19)11-14-7-4-6-13(9-14)10-17/h4,6-7,9,12,15-17H,2-3,5,8,10-11H2,1H3. The summed E-state index contributed by atoms with van der Waals surface area (Å²) < 4.78 is 27.3. The zero-order valence-electron chi connectivity index (χ0n) is 11.9. The van der Waals surface area contributed by atoms with Crippen molar-refractivity contribution in [1.29, 1.82) is 0 Å². The molecule has 1 aromatic rings. The predicted molar refractivity (Wildman–Crippen MR) is 79.5 cm³/mol. The van der Waals surface area contributed by atoms with Crippen LogP contribution in [0.15, 0.2) is 24.3 Å². The molecule has 0 saturated heterocycles. The average Bonchev–Trinajstić information content (AvgIpc) is 2.41. The third-order valence-electron chi connectivity index (χ3n) is 3.97. The van der Waals surface area contributed by atoms with Crippen molar-refractivity contribution < 1.29 is 13.5 Å². The van der Waals surface area contributed by atoms with Crippen molar-refractivity contribution in [3.8, 4) is 0 Å².